The number of aromatic nitrogens is 1. The van der Waals surface area contributed by atoms with Gasteiger partial charge in [-0.2, -0.15) is 5.10 Å². The molecule has 9 heteroatoms. The first-order chi connectivity index (χ1) is 10.4. The molecule has 0 bridgehead atoms. The number of nitrogens with zero attached hydrogens (tertiary/aromatic N) is 1. The number of carbonyl (C=O) groups is 3. The summed E-state index contributed by atoms with van der Waals surface area (Å²) in [5, 5.41) is 3.56. The van der Waals surface area contributed by atoms with Gasteiger partial charge in [0.05, 0.1) is 30.7 Å². The van der Waals surface area contributed by atoms with Crippen molar-refractivity contribution in [2.45, 2.75) is 20.8 Å². The highest BCUT2D eigenvalue weighted by molar-refractivity contribution is 6.04. The van der Waals surface area contributed by atoms with Crippen LogP contribution in [0.5, 0.6) is 0 Å². The fourth-order valence-corrected chi connectivity index (χ4v) is 1.75. The van der Waals surface area contributed by atoms with Gasteiger partial charge in [-0.05, 0) is 26.3 Å². The van der Waals surface area contributed by atoms with Gasteiger partial charge in [0, 0.05) is 0 Å². The third kappa shape index (κ3) is 4.08. The first kappa shape index (κ1) is 17.2. The fraction of sp³-hybridized carbons (Fsp3) is 0.385. The first-order valence-electron chi connectivity index (χ1n) is 6.57. The van der Waals surface area contributed by atoms with E-state index in [1.54, 1.807) is 20.8 Å². The number of primary amides is 1. The summed E-state index contributed by atoms with van der Waals surface area (Å²) in [6, 6.07) is -0.858. The molecular formula is C13H18N4O5. The minimum absolute atomic E-state index is 0.116. The van der Waals surface area contributed by atoms with Gasteiger partial charge in [0.15, 0.2) is 0 Å². The summed E-state index contributed by atoms with van der Waals surface area (Å²) >= 11 is 0. The van der Waals surface area contributed by atoms with Crippen LogP contribution in [-0.2, 0) is 9.47 Å². The number of urea groups is 1. The van der Waals surface area contributed by atoms with Crippen LogP contribution in [0.1, 0.15) is 46.0 Å². The number of hydrogen-bond acceptors (Lipinski definition) is 6. The van der Waals surface area contributed by atoms with E-state index >= 15 is 0 Å². The lowest BCUT2D eigenvalue weighted by atomic mass is 10.1. The topological polar surface area (TPSA) is 136 Å². The minimum atomic E-state index is -0.858. The van der Waals surface area contributed by atoms with Crippen molar-refractivity contribution in [2.24, 2.45) is 10.8 Å². The number of H-pyrrole nitrogens is 1. The molecule has 2 amide bonds. The van der Waals surface area contributed by atoms with Crippen molar-refractivity contribution >= 4 is 24.2 Å². The molecule has 22 heavy (non-hydrogen) atoms. The molecule has 1 heterocycles. The molecule has 0 aliphatic rings. The molecule has 0 atom stereocenters. The molecule has 0 aliphatic carbocycles. The number of esters is 2. The van der Waals surface area contributed by atoms with Crippen LogP contribution in [0.4, 0.5) is 4.79 Å². The first-order valence-corrected chi connectivity index (χ1v) is 6.57. The molecule has 0 aromatic carbocycles. The van der Waals surface area contributed by atoms with Crippen molar-refractivity contribution < 1.29 is 23.9 Å². The van der Waals surface area contributed by atoms with Crippen molar-refractivity contribution in [3.63, 3.8) is 0 Å². The van der Waals surface area contributed by atoms with Gasteiger partial charge in [0.1, 0.15) is 5.69 Å². The predicted molar refractivity (Wildman–Crippen MR) is 77.8 cm³/mol. The Kier molecular flexibility index (Phi) is 6.11. The van der Waals surface area contributed by atoms with E-state index in [1.165, 1.54) is 0 Å². The van der Waals surface area contributed by atoms with E-state index in [4.69, 9.17) is 15.2 Å². The molecule has 0 radical (unpaired) electrons. The molecule has 120 valence electrons. The minimum Gasteiger partial charge on any atom is -0.462 e. The van der Waals surface area contributed by atoms with Crippen molar-refractivity contribution in [2.75, 3.05) is 13.2 Å². The average molecular weight is 310 g/mol. The van der Waals surface area contributed by atoms with Crippen LogP contribution in [0.2, 0.25) is 0 Å². The predicted octanol–water partition coefficient (Wildman–Crippen LogP) is 0.679. The van der Waals surface area contributed by atoms with E-state index < -0.39 is 18.0 Å². The Morgan fingerprint density at radius 1 is 1.23 bits per heavy atom. The molecule has 0 unspecified atom stereocenters. The highest BCUT2D eigenvalue weighted by Gasteiger charge is 2.24. The molecule has 1 aromatic heterocycles. The Morgan fingerprint density at radius 3 is 2.36 bits per heavy atom. The smallest absolute Gasteiger partial charge is 0.355 e. The Balaban J connectivity index is 3.24. The van der Waals surface area contributed by atoms with E-state index in [0.29, 0.717) is 5.56 Å². The molecule has 1 aromatic rings. The van der Waals surface area contributed by atoms with E-state index in [2.05, 4.69) is 10.1 Å². The van der Waals surface area contributed by atoms with E-state index in [0.717, 1.165) is 6.21 Å². The molecule has 0 saturated heterocycles. The highest BCUT2D eigenvalue weighted by Crippen LogP contribution is 2.19. The van der Waals surface area contributed by atoms with Crippen LogP contribution in [0, 0.1) is 6.92 Å². The zero-order chi connectivity index (χ0) is 16.7. The standard InChI is InChI=1S/C13H18N4O5/c1-4-21-11(18)9-7(3)10(12(19)22-5-2)16-8(9)6-15-17-13(14)20/h6,16H,4-5H2,1-3H3,(H3,14,17,20). The number of aromatic amines is 1. The maximum atomic E-state index is 12.0. The summed E-state index contributed by atoms with van der Waals surface area (Å²) in [6.45, 7) is 5.27. The lowest BCUT2D eigenvalue weighted by Gasteiger charge is -2.03. The second kappa shape index (κ2) is 7.81. The van der Waals surface area contributed by atoms with Crippen LogP contribution in [-0.4, -0.2) is 42.4 Å². The van der Waals surface area contributed by atoms with Crippen molar-refractivity contribution in [3.05, 3.63) is 22.5 Å². The Morgan fingerprint density at radius 2 is 1.82 bits per heavy atom. The van der Waals surface area contributed by atoms with E-state index in [-0.39, 0.29) is 30.2 Å². The van der Waals surface area contributed by atoms with Crippen LogP contribution < -0.4 is 11.2 Å². The van der Waals surface area contributed by atoms with Crippen LogP contribution in [0.25, 0.3) is 0 Å². The summed E-state index contributed by atoms with van der Waals surface area (Å²) in [7, 11) is 0. The molecule has 0 fully saturated rings. The lowest BCUT2D eigenvalue weighted by molar-refractivity contribution is 0.0518. The Hall–Kier alpha value is -2.84. The maximum Gasteiger partial charge on any atom is 0.355 e. The highest BCUT2D eigenvalue weighted by atomic mass is 16.5. The lowest BCUT2D eigenvalue weighted by Crippen LogP contribution is -2.24. The van der Waals surface area contributed by atoms with E-state index in [1.807, 2.05) is 5.43 Å². The van der Waals surface area contributed by atoms with Crippen molar-refractivity contribution in [3.8, 4) is 0 Å². The number of rotatable bonds is 6. The summed E-state index contributed by atoms with van der Waals surface area (Å²) < 4.78 is 9.85. The number of amides is 2. The quantitative estimate of drug-likeness (QED) is 0.403. The maximum absolute atomic E-state index is 12.0. The second-order valence-electron chi connectivity index (χ2n) is 4.09. The van der Waals surface area contributed by atoms with Crippen LogP contribution in [0.15, 0.2) is 5.10 Å². The SMILES string of the molecule is CCOC(=O)c1[nH]c(C=NNC(N)=O)c(C(=O)OCC)c1C. The summed E-state index contributed by atoms with van der Waals surface area (Å²) in [5.74, 6) is -1.22. The van der Waals surface area contributed by atoms with Gasteiger partial charge in [-0.3, -0.25) is 0 Å². The third-order valence-corrected chi connectivity index (χ3v) is 2.61. The molecule has 0 aliphatic heterocycles. The van der Waals surface area contributed by atoms with Gasteiger partial charge in [-0.15, -0.1) is 0 Å². The normalized spacial score (nSPS) is 10.5. The number of carbonyl (C=O) groups excluding carboxylic acids is 3. The number of hydrazone groups is 1. The van der Waals surface area contributed by atoms with Crippen molar-refractivity contribution in [1.29, 1.82) is 0 Å². The molecule has 9 nitrogen and oxygen atoms in total. The number of hydrogen-bond donors (Lipinski definition) is 3. The second-order valence-corrected chi connectivity index (χ2v) is 4.09. The van der Waals surface area contributed by atoms with Gasteiger partial charge in [0.2, 0.25) is 0 Å². The molecule has 0 saturated carbocycles. The zero-order valence-electron chi connectivity index (χ0n) is 12.6. The number of ether oxygens (including phenoxy) is 2. The van der Waals surface area contributed by atoms with Gasteiger partial charge < -0.3 is 20.2 Å². The third-order valence-electron chi connectivity index (χ3n) is 2.61. The van der Waals surface area contributed by atoms with Gasteiger partial charge in [-0.1, -0.05) is 0 Å². The monoisotopic (exact) mass is 310 g/mol. The Labute approximate surface area is 126 Å². The molecule has 0 spiro atoms. The van der Waals surface area contributed by atoms with Crippen LogP contribution in [0.3, 0.4) is 0 Å². The van der Waals surface area contributed by atoms with Crippen molar-refractivity contribution in [1.82, 2.24) is 10.4 Å². The summed E-state index contributed by atoms with van der Waals surface area (Å²) in [6.07, 6.45) is 1.16. The summed E-state index contributed by atoms with van der Waals surface area (Å²) in [5.41, 5.74) is 7.71. The van der Waals surface area contributed by atoms with Gasteiger partial charge in [-0.25, -0.2) is 19.8 Å². The van der Waals surface area contributed by atoms with E-state index in [9.17, 15) is 14.4 Å². The Bertz CT molecular complexity index is 606. The molecule has 4 N–H and O–H groups in total. The van der Waals surface area contributed by atoms with Gasteiger partial charge >= 0.3 is 18.0 Å². The molecular weight excluding hydrogens is 292 g/mol. The largest absolute Gasteiger partial charge is 0.462 e. The number of nitrogens with one attached hydrogen (secondary N) is 2. The van der Waals surface area contributed by atoms with Gasteiger partial charge in [0.25, 0.3) is 0 Å². The fourth-order valence-electron chi connectivity index (χ4n) is 1.75. The number of nitrogens with two attached hydrogens (primary N) is 1. The summed E-state index contributed by atoms with van der Waals surface area (Å²) in [4.78, 5) is 37.2. The molecule has 1 rings (SSSR count). The average Bonchev–Trinajstić information content (AvgIpc) is 2.76. The zero-order valence-corrected chi connectivity index (χ0v) is 12.6. The van der Waals surface area contributed by atoms with Crippen LogP contribution >= 0.6 is 0 Å².